The van der Waals surface area contributed by atoms with E-state index in [0.717, 1.165) is 17.2 Å². The third-order valence-electron chi connectivity index (χ3n) is 3.48. The minimum absolute atomic E-state index is 0.159. The van der Waals surface area contributed by atoms with Crippen LogP contribution in [0.5, 0.6) is 17.2 Å². The quantitative estimate of drug-likeness (QED) is 0.445. The van der Waals surface area contributed by atoms with Gasteiger partial charge in [-0.05, 0) is 47.5 Å². The number of aromatic hydroxyl groups is 1. The highest BCUT2D eigenvalue weighted by Crippen LogP contribution is 2.28. The summed E-state index contributed by atoms with van der Waals surface area (Å²) >= 11 is 0. The lowest BCUT2D eigenvalue weighted by Gasteiger charge is -2.07. The van der Waals surface area contributed by atoms with E-state index < -0.39 is 0 Å². The molecule has 0 saturated heterocycles. The molecule has 0 fully saturated rings. The summed E-state index contributed by atoms with van der Waals surface area (Å²) in [5, 5.41) is 19.1. The maximum Gasteiger partial charge on any atom is 0.182 e. The van der Waals surface area contributed by atoms with E-state index in [0.29, 0.717) is 11.5 Å². The molecule has 2 aromatic carbocycles. The van der Waals surface area contributed by atoms with Crippen molar-refractivity contribution in [1.29, 1.82) is 0 Å². The van der Waals surface area contributed by atoms with Gasteiger partial charge in [-0.3, -0.25) is 4.79 Å². The molecule has 0 aliphatic rings. The first-order chi connectivity index (χ1) is 12.5. The van der Waals surface area contributed by atoms with Crippen LogP contribution in [0, 0.1) is 0 Å². The van der Waals surface area contributed by atoms with Crippen molar-refractivity contribution >= 4 is 17.9 Å². The van der Waals surface area contributed by atoms with Gasteiger partial charge in [0, 0.05) is 6.08 Å². The summed E-state index contributed by atoms with van der Waals surface area (Å²) in [6.07, 6.45) is 7.14. The van der Waals surface area contributed by atoms with Crippen LogP contribution in [0.25, 0.3) is 12.2 Å². The number of allylic oxidation sites excluding steroid dienone is 3. The molecule has 26 heavy (non-hydrogen) atoms. The van der Waals surface area contributed by atoms with Crippen molar-refractivity contribution in [1.82, 2.24) is 0 Å². The SMILES string of the molecule is COc1ccc(/C=C/C(O)=CC(=O)/C=C/c2ccc(O)cc2)cc1OC. The predicted molar refractivity (Wildman–Crippen MR) is 101 cm³/mol. The number of phenolic OH excluding ortho intramolecular Hbond substituents is 1. The van der Waals surface area contributed by atoms with Crippen molar-refractivity contribution in [2.45, 2.75) is 0 Å². The molecule has 0 spiro atoms. The van der Waals surface area contributed by atoms with E-state index in [1.807, 2.05) is 0 Å². The van der Waals surface area contributed by atoms with Crippen LogP contribution in [0.1, 0.15) is 11.1 Å². The molecule has 0 unspecified atom stereocenters. The molecule has 5 nitrogen and oxygen atoms in total. The van der Waals surface area contributed by atoms with Crippen LogP contribution in [-0.2, 0) is 4.79 Å². The number of hydrogen-bond donors (Lipinski definition) is 2. The van der Waals surface area contributed by atoms with Gasteiger partial charge in [-0.15, -0.1) is 0 Å². The Bertz CT molecular complexity index is 845. The van der Waals surface area contributed by atoms with Gasteiger partial charge < -0.3 is 19.7 Å². The Hall–Kier alpha value is -3.47. The Morgan fingerprint density at radius 3 is 2.15 bits per heavy atom. The fourth-order valence-corrected chi connectivity index (χ4v) is 2.14. The Morgan fingerprint density at radius 2 is 1.50 bits per heavy atom. The standard InChI is InChI=1S/C21H20O5/c1-25-20-12-7-16(13-21(20)26-2)6-11-19(24)14-18(23)10-5-15-3-8-17(22)9-4-15/h3-14,22,24H,1-2H3/b10-5+,11-6+,19-14?. The number of rotatable bonds is 7. The van der Waals surface area contributed by atoms with Gasteiger partial charge in [-0.25, -0.2) is 0 Å². The number of carbonyl (C=O) groups is 1. The summed E-state index contributed by atoms with van der Waals surface area (Å²) in [5.41, 5.74) is 1.56. The zero-order chi connectivity index (χ0) is 18.9. The Morgan fingerprint density at radius 1 is 0.885 bits per heavy atom. The number of hydrogen-bond acceptors (Lipinski definition) is 5. The minimum Gasteiger partial charge on any atom is -0.508 e. The summed E-state index contributed by atoms with van der Waals surface area (Å²) in [6.45, 7) is 0. The summed E-state index contributed by atoms with van der Waals surface area (Å²) in [6, 6.07) is 11.7. The summed E-state index contributed by atoms with van der Waals surface area (Å²) in [5.74, 6) is 0.823. The molecule has 0 amide bonds. The smallest absolute Gasteiger partial charge is 0.182 e. The number of methoxy groups -OCH3 is 2. The fourth-order valence-electron chi connectivity index (χ4n) is 2.14. The first kappa shape index (κ1) is 18.9. The van der Waals surface area contributed by atoms with Crippen molar-refractivity contribution in [2.24, 2.45) is 0 Å². The molecule has 0 aliphatic heterocycles. The monoisotopic (exact) mass is 352 g/mol. The molecule has 2 rings (SSSR count). The lowest BCUT2D eigenvalue weighted by Crippen LogP contribution is -1.91. The van der Waals surface area contributed by atoms with E-state index >= 15 is 0 Å². The number of carbonyl (C=O) groups excluding carboxylic acids is 1. The van der Waals surface area contributed by atoms with Gasteiger partial charge in [-0.1, -0.05) is 30.4 Å². The average Bonchev–Trinajstić information content (AvgIpc) is 2.65. The van der Waals surface area contributed by atoms with Crippen LogP contribution in [-0.4, -0.2) is 30.2 Å². The maximum absolute atomic E-state index is 11.8. The van der Waals surface area contributed by atoms with Crippen molar-refractivity contribution in [3.63, 3.8) is 0 Å². The highest BCUT2D eigenvalue weighted by molar-refractivity contribution is 6.02. The molecule has 0 radical (unpaired) electrons. The molecule has 0 aromatic heterocycles. The fraction of sp³-hybridized carbons (Fsp3) is 0.0952. The van der Waals surface area contributed by atoms with Crippen molar-refractivity contribution in [2.75, 3.05) is 14.2 Å². The number of phenols is 1. The Kier molecular flexibility index (Phi) is 6.62. The molecule has 5 heteroatoms. The zero-order valence-electron chi connectivity index (χ0n) is 14.5. The minimum atomic E-state index is -0.354. The van der Waals surface area contributed by atoms with E-state index in [-0.39, 0.29) is 17.3 Å². The number of aliphatic hydroxyl groups is 1. The van der Waals surface area contributed by atoms with Gasteiger partial charge in [0.1, 0.15) is 11.5 Å². The molecule has 0 aliphatic carbocycles. The average molecular weight is 352 g/mol. The molecular formula is C21H20O5. The van der Waals surface area contributed by atoms with Gasteiger partial charge in [0.25, 0.3) is 0 Å². The first-order valence-corrected chi connectivity index (χ1v) is 7.83. The van der Waals surface area contributed by atoms with Crippen molar-refractivity contribution in [3.8, 4) is 17.2 Å². The van der Waals surface area contributed by atoms with Crippen molar-refractivity contribution in [3.05, 3.63) is 77.6 Å². The molecule has 2 N–H and O–H groups in total. The number of aliphatic hydroxyl groups excluding tert-OH is 1. The molecule has 0 bridgehead atoms. The summed E-state index contributed by atoms with van der Waals surface area (Å²) < 4.78 is 10.4. The van der Waals surface area contributed by atoms with Crippen LogP contribution in [0.4, 0.5) is 0 Å². The summed E-state index contributed by atoms with van der Waals surface area (Å²) in [7, 11) is 3.10. The van der Waals surface area contributed by atoms with Gasteiger partial charge in [0.15, 0.2) is 17.3 Å². The van der Waals surface area contributed by atoms with Gasteiger partial charge in [0.05, 0.1) is 14.2 Å². The van der Waals surface area contributed by atoms with Crippen LogP contribution in [0.2, 0.25) is 0 Å². The maximum atomic E-state index is 11.8. The largest absolute Gasteiger partial charge is 0.508 e. The Labute approximate surface area is 152 Å². The number of benzene rings is 2. The normalized spacial score (nSPS) is 11.8. The Balaban J connectivity index is 2.03. The first-order valence-electron chi connectivity index (χ1n) is 7.83. The van der Waals surface area contributed by atoms with E-state index in [1.54, 1.807) is 56.7 Å². The van der Waals surface area contributed by atoms with Gasteiger partial charge in [-0.2, -0.15) is 0 Å². The molecule has 0 heterocycles. The lowest BCUT2D eigenvalue weighted by molar-refractivity contribution is -0.110. The number of ketones is 1. The van der Waals surface area contributed by atoms with Crippen LogP contribution < -0.4 is 9.47 Å². The number of ether oxygens (including phenoxy) is 2. The van der Waals surface area contributed by atoms with Crippen LogP contribution in [0.15, 0.2) is 66.5 Å². The second-order valence-electron chi connectivity index (χ2n) is 5.34. The van der Waals surface area contributed by atoms with Gasteiger partial charge in [0.2, 0.25) is 0 Å². The summed E-state index contributed by atoms with van der Waals surface area (Å²) in [4.78, 5) is 11.8. The van der Waals surface area contributed by atoms with E-state index in [2.05, 4.69) is 0 Å². The molecule has 134 valence electrons. The van der Waals surface area contributed by atoms with Crippen molar-refractivity contribution < 1.29 is 24.5 Å². The third-order valence-corrected chi connectivity index (χ3v) is 3.48. The van der Waals surface area contributed by atoms with E-state index in [4.69, 9.17) is 9.47 Å². The zero-order valence-corrected chi connectivity index (χ0v) is 14.5. The van der Waals surface area contributed by atoms with Crippen LogP contribution >= 0.6 is 0 Å². The third kappa shape index (κ3) is 5.56. The topological polar surface area (TPSA) is 76.0 Å². The second kappa shape index (κ2) is 9.13. The lowest BCUT2D eigenvalue weighted by atomic mass is 10.1. The molecule has 2 aromatic rings. The second-order valence-corrected chi connectivity index (χ2v) is 5.34. The molecule has 0 saturated carbocycles. The van der Waals surface area contributed by atoms with Gasteiger partial charge >= 0.3 is 0 Å². The van der Waals surface area contributed by atoms with Crippen LogP contribution in [0.3, 0.4) is 0 Å². The van der Waals surface area contributed by atoms with E-state index in [9.17, 15) is 15.0 Å². The highest BCUT2D eigenvalue weighted by Gasteiger charge is 2.02. The highest BCUT2D eigenvalue weighted by atomic mass is 16.5. The molecule has 0 atom stereocenters. The predicted octanol–water partition coefficient (Wildman–Crippen LogP) is 4.15. The molecular weight excluding hydrogens is 332 g/mol. The van der Waals surface area contributed by atoms with E-state index in [1.165, 1.54) is 24.3 Å².